The van der Waals surface area contributed by atoms with Crippen molar-refractivity contribution in [2.75, 3.05) is 26.7 Å². The van der Waals surface area contributed by atoms with Gasteiger partial charge in [0.05, 0.1) is 6.04 Å². The molecule has 2 saturated heterocycles. The van der Waals surface area contributed by atoms with Crippen molar-refractivity contribution in [1.82, 2.24) is 30.5 Å². The summed E-state index contributed by atoms with van der Waals surface area (Å²) in [6, 6.07) is -0.747. The number of nitrogens with zero attached hydrogens (tertiary/aromatic N) is 2. The maximum absolute atomic E-state index is 14.3. The molecule has 15 heteroatoms. The van der Waals surface area contributed by atoms with Crippen molar-refractivity contribution in [3.63, 3.8) is 0 Å². The fourth-order valence-electron chi connectivity index (χ4n) is 6.67. The van der Waals surface area contributed by atoms with Crippen LogP contribution in [0.1, 0.15) is 105 Å². The third kappa shape index (κ3) is 11.2. The number of ketones is 1. The van der Waals surface area contributed by atoms with Crippen molar-refractivity contribution in [3.05, 3.63) is 17.5 Å². The number of likely N-dealkylation sites (N-methyl/N-ethyl adjacent to an activating group) is 2. The molecular weight excluding hydrogens is 681 g/mol. The molecule has 0 aromatic carbocycles. The summed E-state index contributed by atoms with van der Waals surface area (Å²) in [6.45, 7) is 10.0. The average molecular weight is 739 g/mol. The monoisotopic (exact) mass is 738 g/mol. The van der Waals surface area contributed by atoms with Crippen LogP contribution in [0.5, 0.6) is 0 Å². The van der Waals surface area contributed by atoms with Gasteiger partial charge in [-0.25, -0.2) is 13.2 Å². The Morgan fingerprint density at radius 3 is 2.24 bits per heavy atom. The van der Waals surface area contributed by atoms with E-state index in [1.54, 1.807) is 24.4 Å². The van der Waals surface area contributed by atoms with Gasteiger partial charge < -0.3 is 26.2 Å². The molecule has 5 amide bonds. The first-order valence-corrected chi connectivity index (χ1v) is 20.4. The number of hydrogen-bond acceptors (Lipinski definition) is 8. The van der Waals surface area contributed by atoms with Crippen molar-refractivity contribution in [1.29, 1.82) is 0 Å². The van der Waals surface area contributed by atoms with Crippen molar-refractivity contribution < 1.29 is 32.4 Å². The highest BCUT2D eigenvalue weighted by atomic mass is 32.2. The highest BCUT2D eigenvalue weighted by Crippen LogP contribution is 2.30. The van der Waals surface area contributed by atoms with E-state index < -0.39 is 63.2 Å². The summed E-state index contributed by atoms with van der Waals surface area (Å²) in [5, 5.41) is 12.9. The highest BCUT2D eigenvalue weighted by molar-refractivity contribution is 7.91. The Bertz CT molecular complexity index is 1410. The van der Waals surface area contributed by atoms with Gasteiger partial charge in [0.15, 0.2) is 0 Å². The Labute approximate surface area is 302 Å². The second-order valence-electron chi connectivity index (χ2n) is 14.6. The number of urea groups is 1. The fraction of sp³-hybridized carbons (Fsp3) is 0.743. The number of rotatable bonds is 10. The molecule has 13 nitrogen and oxygen atoms in total. The number of carbonyl (C=O) groups excluding carboxylic acids is 5. The van der Waals surface area contributed by atoms with E-state index in [9.17, 15) is 32.4 Å². The maximum Gasteiger partial charge on any atom is 0.315 e. The number of hydrogen-bond donors (Lipinski definition) is 4. The van der Waals surface area contributed by atoms with E-state index in [1.165, 1.54) is 16.3 Å². The van der Waals surface area contributed by atoms with Gasteiger partial charge in [-0.2, -0.15) is 4.31 Å². The predicted octanol–water partition coefficient (Wildman–Crippen LogP) is 3.79. The van der Waals surface area contributed by atoms with Crippen LogP contribution in [-0.2, 0) is 29.2 Å². The van der Waals surface area contributed by atoms with Crippen molar-refractivity contribution in [2.45, 2.75) is 134 Å². The summed E-state index contributed by atoms with van der Waals surface area (Å²) in [7, 11) is -2.28. The Morgan fingerprint density at radius 2 is 1.66 bits per heavy atom. The lowest BCUT2D eigenvalue weighted by molar-refractivity contribution is -0.143. The molecule has 0 saturated carbocycles. The molecule has 1 aromatic heterocycles. The zero-order valence-corrected chi connectivity index (χ0v) is 32.2. The Kier molecular flexibility index (Phi) is 15.7. The summed E-state index contributed by atoms with van der Waals surface area (Å²) in [6.07, 6.45) is 7.91. The van der Waals surface area contributed by atoms with Gasteiger partial charge in [0, 0.05) is 32.7 Å². The molecular formula is C35H58N6O7S2. The first-order chi connectivity index (χ1) is 23.6. The van der Waals surface area contributed by atoms with E-state index in [4.69, 9.17) is 0 Å². The Balaban J connectivity index is 1.84. The lowest BCUT2D eigenvalue weighted by Crippen LogP contribution is -2.59. The summed E-state index contributed by atoms with van der Waals surface area (Å²) < 4.78 is 27.8. The molecule has 0 unspecified atom stereocenters. The molecule has 3 rings (SSSR count). The van der Waals surface area contributed by atoms with Crippen molar-refractivity contribution >= 4 is 50.9 Å². The van der Waals surface area contributed by atoms with E-state index in [2.05, 4.69) is 21.3 Å². The largest absolute Gasteiger partial charge is 0.350 e. The van der Waals surface area contributed by atoms with E-state index in [0.717, 1.165) is 43.4 Å². The Hall–Kier alpha value is -3.04. The standard InChI is InChI=1S/C35H58N6O7S2/c1-7-24-20-21-41-29(24)31(43)37-25(30(42)32(44)36-8-2)17-14-12-10-9-11-13-15-18-26(33(41)45)38-34(46)39-27(35(3,4)5)23-40(6)50(47,48)28-19-16-22-49-28/h16,19,22,24-27,29H,7-15,17-18,20-21,23H2,1-6H3,(H,36,44)(H,37,43)(H2,38,39,46)/t24-,25-,26-,27+,29-/m0/s1. The third-order valence-corrected chi connectivity index (χ3v) is 13.0. The number of amides is 5. The van der Waals surface area contributed by atoms with Gasteiger partial charge in [-0.05, 0) is 49.0 Å². The molecule has 282 valence electrons. The van der Waals surface area contributed by atoms with Crippen LogP contribution in [0.2, 0.25) is 0 Å². The molecule has 5 atom stereocenters. The molecule has 4 N–H and O–H groups in total. The van der Waals surface area contributed by atoms with E-state index in [0.29, 0.717) is 45.1 Å². The van der Waals surface area contributed by atoms with Gasteiger partial charge in [0.25, 0.3) is 15.9 Å². The molecule has 0 bridgehead atoms. The van der Waals surface area contributed by atoms with E-state index in [-0.39, 0.29) is 29.1 Å². The normalized spacial score (nSPS) is 23.9. The molecule has 3 heterocycles. The molecule has 1 aromatic rings. The van der Waals surface area contributed by atoms with Crippen molar-refractivity contribution in [2.24, 2.45) is 11.3 Å². The van der Waals surface area contributed by atoms with Gasteiger partial charge in [0.1, 0.15) is 16.3 Å². The van der Waals surface area contributed by atoms with E-state index in [1.807, 2.05) is 27.7 Å². The fourth-order valence-corrected chi connectivity index (χ4v) is 9.06. The van der Waals surface area contributed by atoms with Crippen LogP contribution in [-0.4, -0.2) is 98.0 Å². The second-order valence-corrected chi connectivity index (χ2v) is 17.8. The summed E-state index contributed by atoms with van der Waals surface area (Å²) in [5.74, 6) is -2.43. The first kappa shape index (κ1) is 41.4. The number of carbonyl (C=O) groups is 5. The van der Waals surface area contributed by atoms with Gasteiger partial charge in [-0.15, -0.1) is 11.3 Å². The molecule has 0 spiro atoms. The lowest BCUT2D eigenvalue weighted by atomic mass is 9.86. The summed E-state index contributed by atoms with van der Waals surface area (Å²) in [4.78, 5) is 68.9. The SMILES string of the molecule is CCNC(=O)C(=O)[C@@H]1CCCCCCCCC[C@H](NC(=O)N[C@H](CN(C)S(=O)(=O)c2cccs2)C(C)(C)C)C(=O)N2CC[C@H](CC)[C@H]2C(=O)N1. The number of thiophene rings is 1. The first-order valence-electron chi connectivity index (χ1n) is 18.1. The molecule has 2 aliphatic rings. The quantitative estimate of drug-likeness (QED) is 0.264. The third-order valence-electron chi connectivity index (χ3n) is 9.83. The zero-order valence-electron chi connectivity index (χ0n) is 30.6. The topological polar surface area (TPSA) is 174 Å². The minimum atomic E-state index is -3.76. The molecule has 2 aliphatic heterocycles. The number of nitrogens with one attached hydrogen (secondary N) is 4. The van der Waals surface area contributed by atoms with Crippen LogP contribution in [0.15, 0.2) is 21.7 Å². The zero-order chi connectivity index (χ0) is 37.1. The average Bonchev–Trinajstić information content (AvgIpc) is 3.76. The summed E-state index contributed by atoms with van der Waals surface area (Å²) >= 11 is 1.12. The molecule has 2 fully saturated rings. The molecule has 50 heavy (non-hydrogen) atoms. The van der Waals surface area contributed by atoms with Crippen LogP contribution < -0.4 is 21.3 Å². The van der Waals surface area contributed by atoms with Crippen LogP contribution in [0, 0.1) is 11.3 Å². The van der Waals surface area contributed by atoms with Crippen LogP contribution in [0.25, 0.3) is 0 Å². The minimum Gasteiger partial charge on any atom is -0.350 e. The van der Waals surface area contributed by atoms with Crippen LogP contribution in [0.4, 0.5) is 4.79 Å². The highest BCUT2D eigenvalue weighted by Gasteiger charge is 2.44. The molecule has 0 radical (unpaired) electrons. The number of Topliss-reactive ketones (excluding diaryl/α,β-unsaturated/α-hetero) is 1. The van der Waals surface area contributed by atoms with Gasteiger partial charge >= 0.3 is 6.03 Å². The second kappa shape index (κ2) is 19.0. The predicted molar refractivity (Wildman–Crippen MR) is 194 cm³/mol. The van der Waals surface area contributed by atoms with E-state index >= 15 is 0 Å². The smallest absolute Gasteiger partial charge is 0.315 e. The minimum absolute atomic E-state index is 0.0124. The van der Waals surface area contributed by atoms with Crippen LogP contribution in [0.3, 0.4) is 0 Å². The number of sulfonamides is 1. The maximum atomic E-state index is 14.3. The summed E-state index contributed by atoms with van der Waals surface area (Å²) in [5.41, 5.74) is -0.532. The van der Waals surface area contributed by atoms with Crippen molar-refractivity contribution in [3.8, 4) is 0 Å². The van der Waals surface area contributed by atoms with Gasteiger partial charge in [0.2, 0.25) is 17.6 Å². The van der Waals surface area contributed by atoms with Gasteiger partial charge in [-0.3, -0.25) is 19.2 Å². The lowest BCUT2D eigenvalue weighted by Gasteiger charge is -2.35. The van der Waals surface area contributed by atoms with Gasteiger partial charge in [-0.1, -0.05) is 85.1 Å². The number of fused-ring (bicyclic) bond motifs is 1. The van der Waals surface area contributed by atoms with Crippen LogP contribution >= 0.6 is 11.3 Å². The molecule has 0 aliphatic carbocycles. The Morgan fingerprint density at radius 1 is 1.02 bits per heavy atom.